The minimum absolute atomic E-state index is 0.850. The van der Waals surface area contributed by atoms with E-state index in [1.54, 1.807) is 0 Å². The zero-order chi connectivity index (χ0) is 11.4. The Bertz CT molecular complexity index is 312. The lowest BCUT2D eigenvalue weighted by Gasteiger charge is -2.32. The van der Waals surface area contributed by atoms with E-state index in [4.69, 9.17) is 5.73 Å². The number of rotatable bonds is 3. The molecule has 0 saturated carbocycles. The molecule has 2 rings (SSSR count). The van der Waals surface area contributed by atoms with Gasteiger partial charge in [0.2, 0.25) is 0 Å². The third-order valence-electron chi connectivity index (χ3n) is 3.29. The zero-order valence-electron chi connectivity index (χ0n) is 10.0. The molecule has 0 bridgehead atoms. The molecule has 0 unspecified atom stereocenters. The molecular formula is C13H21N3. The standard InChI is InChI=1S/C13H21N3/c1-15-8-10-16(11-9-15)7-6-12-2-4-13(14)5-3-12/h2-5H,6-11,14H2,1H3. The Morgan fingerprint density at radius 3 is 2.31 bits per heavy atom. The van der Waals surface area contributed by atoms with Crippen molar-refractivity contribution in [3.63, 3.8) is 0 Å². The second kappa shape index (κ2) is 5.32. The maximum absolute atomic E-state index is 5.66. The van der Waals surface area contributed by atoms with E-state index < -0.39 is 0 Å². The van der Waals surface area contributed by atoms with E-state index in [0.717, 1.165) is 18.7 Å². The zero-order valence-corrected chi connectivity index (χ0v) is 10.0. The number of piperazine rings is 1. The Kier molecular flexibility index (Phi) is 3.80. The molecule has 2 N–H and O–H groups in total. The predicted molar refractivity (Wildman–Crippen MR) is 68.5 cm³/mol. The second-order valence-corrected chi connectivity index (χ2v) is 4.64. The number of nitrogen functional groups attached to an aromatic ring is 1. The summed E-state index contributed by atoms with van der Waals surface area (Å²) in [5.41, 5.74) is 7.90. The molecule has 0 spiro atoms. The molecule has 0 aliphatic carbocycles. The number of nitrogens with zero attached hydrogens (tertiary/aromatic N) is 2. The van der Waals surface area contributed by atoms with Gasteiger partial charge in [0, 0.05) is 38.4 Å². The van der Waals surface area contributed by atoms with E-state index in [0.29, 0.717) is 0 Å². The minimum atomic E-state index is 0.850. The van der Waals surface area contributed by atoms with Gasteiger partial charge >= 0.3 is 0 Å². The Morgan fingerprint density at radius 2 is 1.69 bits per heavy atom. The van der Waals surface area contributed by atoms with E-state index >= 15 is 0 Å². The lowest BCUT2D eigenvalue weighted by molar-refractivity contribution is 0.155. The normalized spacial score (nSPS) is 18.8. The summed E-state index contributed by atoms with van der Waals surface area (Å²) >= 11 is 0. The molecule has 1 fully saturated rings. The van der Waals surface area contributed by atoms with Crippen molar-refractivity contribution in [2.75, 3.05) is 45.5 Å². The molecule has 3 heteroatoms. The predicted octanol–water partition coefficient (Wildman–Crippen LogP) is 1.06. The van der Waals surface area contributed by atoms with E-state index in [2.05, 4.69) is 29.0 Å². The van der Waals surface area contributed by atoms with Crippen LogP contribution in [0, 0.1) is 0 Å². The summed E-state index contributed by atoms with van der Waals surface area (Å²) in [5.74, 6) is 0. The number of nitrogens with two attached hydrogens (primary N) is 1. The maximum atomic E-state index is 5.66. The van der Waals surface area contributed by atoms with E-state index in [1.165, 1.54) is 31.7 Å². The molecule has 0 radical (unpaired) electrons. The van der Waals surface area contributed by atoms with Gasteiger partial charge in [0.1, 0.15) is 0 Å². The molecule has 1 saturated heterocycles. The third-order valence-corrected chi connectivity index (χ3v) is 3.29. The molecule has 0 aromatic heterocycles. The number of likely N-dealkylation sites (N-methyl/N-ethyl adjacent to an activating group) is 1. The molecule has 1 aromatic rings. The second-order valence-electron chi connectivity index (χ2n) is 4.64. The van der Waals surface area contributed by atoms with Crippen LogP contribution in [-0.2, 0) is 6.42 Å². The first-order valence-electron chi connectivity index (χ1n) is 5.99. The summed E-state index contributed by atoms with van der Waals surface area (Å²) in [6, 6.07) is 8.23. The van der Waals surface area contributed by atoms with Gasteiger partial charge in [-0.1, -0.05) is 12.1 Å². The molecule has 3 nitrogen and oxygen atoms in total. The van der Waals surface area contributed by atoms with Gasteiger partial charge in [-0.05, 0) is 31.2 Å². The SMILES string of the molecule is CN1CCN(CCc2ccc(N)cc2)CC1. The first-order valence-corrected chi connectivity index (χ1v) is 5.99. The number of anilines is 1. The molecule has 0 amide bonds. The smallest absolute Gasteiger partial charge is 0.0314 e. The Hall–Kier alpha value is -1.06. The maximum Gasteiger partial charge on any atom is 0.0314 e. The average Bonchev–Trinajstić information content (AvgIpc) is 2.30. The fraction of sp³-hybridized carbons (Fsp3) is 0.538. The lowest BCUT2D eigenvalue weighted by Crippen LogP contribution is -2.45. The molecule has 88 valence electrons. The van der Waals surface area contributed by atoms with Crippen molar-refractivity contribution in [3.8, 4) is 0 Å². The highest BCUT2D eigenvalue weighted by Crippen LogP contribution is 2.07. The summed E-state index contributed by atoms with van der Waals surface area (Å²) < 4.78 is 0. The summed E-state index contributed by atoms with van der Waals surface area (Å²) in [6.07, 6.45) is 1.13. The Labute approximate surface area is 97.8 Å². The molecular weight excluding hydrogens is 198 g/mol. The van der Waals surface area contributed by atoms with Crippen LogP contribution < -0.4 is 5.73 Å². The van der Waals surface area contributed by atoms with E-state index in [1.807, 2.05) is 12.1 Å². The number of benzene rings is 1. The van der Waals surface area contributed by atoms with Crippen LogP contribution in [-0.4, -0.2) is 49.6 Å². The summed E-state index contributed by atoms with van der Waals surface area (Å²) in [4.78, 5) is 4.93. The van der Waals surface area contributed by atoms with Gasteiger partial charge < -0.3 is 15.5 Å². The van der Waals surface area contributed by atoms with Crippen LogP contribution in [0.3, 0.4) is 0 Å². The largest absolute Gasteiger partial charge is 0.399 e. The van der Waals surface area contributed by atoms with Crippen LogP contribution in [0.1, 0.15) is 5.56 Å². The highest BCUT2D eigenvalue weighted by molar-refractivity contribution is 5.39. The van der Waals surface area contributed by atoms with Gasteiger partial charge in [0.25, 0.3) is 0 Å². The highest BCUT2D eigenvalue weighted by atomic mass is 15.2. The summed E-state index contributed by atoms with van der Waals surface area (Å²) in [5, 5.41) is 0. The lowest BCUT2D eigenvalue weighted by atomic mass is 10.1. The first-order chi connectivity index (χ1) is 7.74. The number of hydrogen-bond acceptors (Lipinski definition) is 3. The van der Waals surface area contributed by atoms with Crippen LogP contribution in [0.15, 0.2) is 24.3 Å². The number of hydrogen-bond donors (Lipinski definition) is 1. The van der Waals surface area contributed by atoms with Crippen molar-refractivity contribution >= 4 is 5.69 Å². The van der Waals surface area contributed by atoms with Crippen molar-refractivity contribution in [1.29, 1.82) is 0 Å². The van der Waals surface area contributed by atoms with Crippen LogP contribution in [0.25, 0.3) is 0 Å². The van der Waals surface area contributed by atoms with E-state index in [-0.39, 0.29) is 0 Å². The van der Waals surface area contributed by atoms with Gasteiger partial charge in [-0.3, -0.25) is 0 Å². The minimum Gasteiger partial charge on any atom is -0.399 e. The van der Waals surface area contributed by atoms with Crippen LogP contribution in [0.5, 0.6) is 0 Å². The van der Waals surface area contributed by atoms with Crippen molar-refractivity contribution in [3.05, 3.63) is 29.8 Å². The molecule has 1 aliphatic heterocycles. The summed E-state index contributed by atoms with van der Waals surface area (Å²) in [6.45, 7) is 5.96. The Morgan fingerprint density at radius 1 is 1.06 bits per heavy atom. The van der Waals surface area contributed by atoms with E-state index in [9.17, 15) is 0 Å². The van der Waals surface area contributed by atoms with Gasteiger partial charge in [0.05, 0.1) is 0 Å². The van der Waals surface area contributed by atoms with Crippen LogP contribution >= 0.6 is 0 Å². The van der Waals surface area contributed by atoms with Gasteiger partial charge in [0.15, 0.2) is 0 Å². The fourth-order valence-corrected chi connectivity index (χ4v) is 2.04. The Balaban J connectivity index is 1.77. The molecule has 1 aromatic carbocycles. The molecule has 1 heterocycles. The monoisotopic (exact) mass is 219 g/mol. The molecule has 16 heavy (non-hydrogen) atoms. The van der Waals surface area contributed by atoms with Gasteiger partial charge in [-0.25, -0.2) is 0 Å². The first kappa shape index (κ1) is 11.4. The fourth-order valence-electron chi connectivity index (χ4n) is 2.04. The average molecular weight is 219 g/mol. The van der Waals surface area contributed by atoms with Crippen molar-refractivity contribution in [2.45, 2.75) is 6.42 Å². The van der Waals surface area contributed by atoms with Crippen LogP contribution in [0.2, 0.25) is 0 Å². The highest BCUT2D eigenvalue weighted by Gasteiger charge is 2.12. The quantitative estimate of drug-likeness (QED) is 0.772. The van der Waals surface area contributed by atoms with Crippen molar-refractivity contribution in [1.82, 2.24) is 9.80 Å². The molecule has 0 atom stereocenters. The third kappa shape index (κ3) is 3.22. The van der Waals surface area contributed by atoms with Gasteiger partial charge in [-0.2, -0.15) is 0 Å². The van der Waals surface area contributed by atoms with Crippen molar-refractivity contribution < 1.29 is 0 Å². The van der Waals surface area contributed by atoms with Crippen LogP contribution in [0.4, 0.5) is 5.69 Å². The molecule has 1 aliphatic rings. The topological polar surface area (TPSA) is 32.5 Å². The van der Waals surface area contributed by atoms with Crippen molar-refractivity contribution in [2.24, 2.45) is 0 Å². The van der Waals surface area contributed by atoms with Gasteiger partial charge in [-0.15, -0.1) is 0 Å². The summed E-state index contributed by atoms with van der Waals surface area (Å²) in [7, 11) is 2.19.